The van der Waals surface area contributed by atoms with E-state index in [1.165, 1.54) is 11.1 Å². The fourth-order valence-corrected chi connectivity index (χ4v) is 1.72. The maximum Gasteiger partial charge on any atom is 0.240 e. The number of ether oxygens (including phenoxy) is 1. The van der Waals surface area contributed by atoms with Crippen LogP contribution in [0.3, 0.4) is 0 Å². The quantitative estimate of drug-likeness (QED) is 0.843. The lowest BCUT2D eigenvalue weighted by atomic mass is 10.1. The third kappa shape index (κ3) is 3.65. The predicted molar refractivity (Wildman–Crippen MR) is 66.7 cm³/mol. The van der Waals surface area contributed by atoms with Gasteiger partial charge in [-0.3, -0.25) is 0 Å². The van der Waals surface area contributed by atoms with Crippen molar-refractivity contribution in [2.45, 2.75) is 26.6 Å². The summed E-state index contributed by atoms with van der Waals surface area (Å²) >= 11 is 0. The molecule has 5 nitrogen and oxygen atoms in total. The van der Waals surface area contributed by atoms with Gasteiger partial charge in [0.1, 0.15) is 0 Å². The van der Waals surface area contributed by atoms with E-state index in [0.717, 1.165) is 6.54 Å². The van der Waals surface area contributed by atoms with Crippen molar-refractivity contribution in [3.05, 3.63) is 47.1 Å². The largest absolute Gasteiger partial charge is 0.380 e. The van der Waals surface area contributed by atoms with Crippen LogP contribution in [0.4, 0.5) is 0 Å². The number of methoxy groups -OCH3 is 1. The van der Waals surface area contributed by atoms with Gasteiger partial charge in [0.2, 0.25) is 5.89 Å². The van der Waals surface area contributed by atoms with Gasteiger partial charge in [0.25, 0.3) is 0 Å². The van der Waals surface area contributed by atoms with Gasteiger partial charge < -0.3 is 14.6 Å². The van der Waals surface area contributed by atoms with E-state index < -0.39 is 0 Å². The molecule has 0 spiro atoms. The van der Waals surface area contributed by atoms with Crippen LogP contribution in [0, 0.1) is 6.92 Å². The van der Waals surface area contributed by atoms with Gasteiger partial charge in [0, 0.05) is 13.7 Å². The van der Waals surface area contributed by atoms with Crippen LogP contribution in [0.1, 0.15) is 22.8 Å². The lowest BCUT2D eigenvalue weighted by molar-refractivity contribution is 0.185. The number of nitrogens with one attached hydrogen (secondary N) is 1. The fourth-order valence-electron chi connectivity index (χ4n) is 1.72. The highest BCUT2D eigenvalue weighted by molar-refractivity contribution is 5.22. The maximum absolute atomic E-state index is 5.11. The van der Waals surface area contributed by atoms with E-state index >= 15 is 0 Å². The summed E-state index contributed by atoms with van der Waals surface area (Å²) in [5.41, 5.74) is 2.38. The number of nitrogens with zero attached hydrogens (tertiary/aromatic N) is 2. The van der Waals surface area contributed by atoms with Crippen LogP contribution in [-0.2, 0) is 24.4 Å². The van der Waals surface area contributed by atoms with Crippen LogP contribution < -0.4 is 5.32 Å². The first kappa shape index (κ1) is 12.7. The minimum Gasteiger partial charge on any atom is -0.380 e. The first-order chi connectivity index (χ1) is 8.78. The molecule has 0 bridgehead atoms. The summed E-state index contributed by atoms with van der Waals surface area (Å²) in [6, 6.07) is 8.28. The van der Waals surface area contributed by atoms with Crippen molar-refractivity contribution in [3.8, 4) is 0 Å². The molecule has 96 valence electrons. The highest BCUT2D eigenvalue weighted by atomic mass is 16.5. The predicted octanol–water partition coefficient (Wildman–Crippen LogP) is 1.81. The number of aryl methyl sites for hydroxylation is 1. The van der Waals surface area contributed by atoms with Gasteiger partial charge in [-0.05, 0) is 18.1 Å². The summed E-state index contributed by atoms with van der Waals surface area (Å²) in [5, 5.41) is 7.00. The van der Waals surface area contributed by atoms with Crippen LogP contribution in [0.25, 0.3) is 0 Å². The smallest absolute Gasteiger partial charge is 0.240 e. The molecule has 1 heterocycles. The number of rotatable bonds is 6. The lowest BCUT2D eigenvalue weighted by Gasteiger charge is -2.05. The topological polar surface area (TPSA) is 60.2 Å². The van der Waals surface area contributed by atoms with E-state index in [1.54, 1.807) is 14.0 Å². The van der Waals surface area contributed by atoms with Gasteiger partial charge >= 0.3 is 0 Å². The standard InChI is InChI=1S/C13H17N3O2/c1-10-15-13(18-16-10)8-14-7-11-4-3-5-12(6-11)9-17-2/h3-6,14H,7-9H2,1-2H3. The summed E-state index contributed by atoms with van der Waals surface area (Å²) in [6.45, 7) is 3.78. The summed E-state index contributed by atoms with van der Waals surface area (Å²) in [7, 11) is 1.70. The highest BCUT2D eigenvalue weighted by Gasteiger charge is 2.02. The molecule has 0 fully saturated rings. The molecular weight excluding hydrogens is 230 g/mol. The molecule has 0 aliphatic carbocycles. The van der Waals surface area contributed by atoms with Gasteiger partial charge in [-0.2, -0.15) is 4.98 Å². The molecular formula is C13H17N3O2. The molecule has 0 atom stereocenters. The number of hydrogen-bond acceptors (Lipinski definition) is 5. The Balaban J connectivity index is 1.84. The highest BCUT2D eigenvalue weighted by Crippen LogP contribution is 2.06. The minimum atomic E-state index is 0.579. The van der Waals surface area contributed by atoms with Crippen molar-refractivity contribution >= 4 is 0 Å². The van der Waals surface area contributed by atoms with E-state index in [4.69, 9.17) is 9.26 Å². The molecule has 5 heteroatoms. The van der Waals surface area contributed by atoms with Gasteiger partial charge in [-0.15, -0.1) is 0 Å². The molecule has 2 aromatic rings. The zero-order valence-corrected chi connectivity index (χ0v) is 10.6. The van der Waals surface area contributed by atoms with Crippen molar-refractivity contribution in [1.29, 1.82) is 0 Å². The van der Waals surface area contributed by atoms with E-state index in [9.17, 15) is 0 Å². The van der Waals surface area contributed by atoms with Crippen LogP contribution >= 0.6 is 0 Å². The van der Waals surface area contributed by atoms with Gasteiger partial charge in [-0.1, -0.05) is 29.4 Å². The van der Waals surface area contributed by atoms with Crippen molar-refractivity contribution < 1.29 is 9.26 Å². The second-order valence-corrected chi connectivity index (χ2v) is 4.09. The molecule has 0 radical (unpaired) electrons. The second kappa shape index (κ2) is 6.28. The zero-order valence-electron chi connectivity index (χ0n) is 10.6. The third-order valence-electron chi connectivity index (χ3n) is 2.48. The third-order valence-corrected chi connectivity index (χ3v) is 2.48. The summed E-state index contributed by atoms with van der Waals surface area (Å²) in [4.78, 5) is 4.13. The van der Waals surface area contributed by atoms with Crippen LogP contribution in [-0.4, -0.2) is 17.3 Å². The number of aromatic nitrogens is 2. The fraction of sp³-hybridized carbons (Fsp3) is 0.385. The molecule has 2 rings (SSSR count). The van der Waals surface area contributed by atoms with E-state index in [1.807, 2.05) is 12.1 Å². The Labute approximate surface area is 106 Å². The molecule has 1 aromatic heterocycles. The molecule has 0 aliphatic heterocycles. The molecule has 0 aliphatic rings. The first-order valence-corrected chi connectivity index (χ1v) is 5.84. The Bertz CT molecular complexity index is 496. The number of hydrogen-bond donors (Lipinski definition) is 1. The first-order valence-electron chi connectivity index (χ1n) is 5.84. The maximum atomic E-state index is 5.11. The zero-order chi connectivity index (χ0) is 12.8. The van der Waals surface area contributed by atoms with E-state index in [-0.39, 0.29) is 0 Å². The number of benzene rings is 1. The molecule has 0 saturated carbocycles. The van der Waals surface area contributed by atoms with Gasteiger partial charge in [0.15, 0.2) is 5.82 Å². The lowest BCUT2D eigenvalue weighted by Crippen LogP contribution is -2.13. The summed E-state index contributed by atoms with van der Waals surface area (Å²) in [5.74, 6) is 1.27. The van der Waals surface area contributed by atoms with Gasteiger partial charge in [-0.25, -0.2) is 0 Å². The Kier molecular flexibility index (Phi) is 4.44. The van der Waals surface area contributed by atoms with Gasteiger partial charge in [0.05, 0.1) is 13.2 Å². The molecule has 0 saturated heterocycles. The minimum absolute atomic E-state index is 0.579. The molecule has 18 heavy (non-hydrogen) atoms. The molecule has 0 unspecified atom stereocenters. The van der Waals surface area contributed by atoms with Crippen molar-refractivity contribution in [1.82, 2.24) is 15.5 Å². The normalized spacial score (nSPS) is 10.8. The Morgan fingerprint density at radius 2 is 2.11 bits per heavy atom. The van der Waals surface area contributed by atoms with Crippen LogP contribution in [0.5, 0.6) is 0 Å². The molecule has 1 N–H and O–H groups in total. The Morgan fingerprint density at radius 3 is 2.83 bits per heavy atom. The van der Waals surface area contributed by atoms with E-state index in [0.29, 0.717) is 24.9 Å². The Morgan fingerprint density at radius 1 is 1.28 bits per heavy atom. The van der Waals surface area contributed by atoms with Crippen molar-refractivity contribution in [2.24, 2.45) is 0 Å². The Hall–Kier alpha value is -1.72. The van der Waals surface area contributed by atoms with Crippen molar-refractivity contribution in [3.63, 3.8) is 0 Å². The molecule has 1 aromatic carbocycles. The summed E-state index contributed by atoms with van der Waals surface area (Å²) < 4.78 is 10.1. The molecule has 0 amide bonds. The monoisotopic (exact) mass is 247 g/mol. The van der Waals surface area contributed by atoms with Crippen LogP contribution in [0.2, 0.25) is 0 Å². The average molecular weight is 247 g/mol. The van der Waals surface area contributed by atoms with E-state index in [2.05, 4.69) is 27.6 Å². The average Bonchev–Trinajstić information content (AvgIpc) is 2.76. The summed E-state index contributed by atoms with van der Waals surface area (Å²) in [6.07, 6.45) is 0. The van der Waals surface area contributed by atoms with Crippen LogP contribution in [0.15, 0.2) is 28.8 Å². The SMILES string of the molecule is COCc1cccc(CNCc2nc(C)no2)c1. The van der Waals surface area contributed by atoms with Crippen molar-refractivity contribution in [2.75, 3.05) is 7.11 Å². The second-order valence-electron chi connectivity index (χ2n) is 4.09.